The second kappa shape index (κ2) is 8.83. The van der Waals surface area contributed by atoms with Crippen LogP contribution in [0.25, 0.3) is 0 Å². The normalized spacial score (nSPS) is 17.9. The molecular formula is C21H26F3N9O2. The van der Waals surface area contributed by atoms with Crippen LogP contribution in [0.4, 0.5) is 30.6 Å². The van der Waals surface area contributed by atoms with E-state index < -0.39 is 17.4 Å². The number of nitrogens with zero attached hydrogens (tertiary/aromatic N) is 7. The van der Waals surface area contributed by atoms with Gasteiger partial charge in [0.1, 0.15) is 11.2 Å². The van der Waals surface area contributed by atoms with Gasteiger partial charge in [-0.2, -0.15) is 28.4 Å². The van der Waals surface area contributed by atoms with Crippen molar-refractivity contribution in [3.8, 4) is 0 Å². The molecule has 0 aromatic carbocycles. The van der Waals surface area contributed by atoms with E-state index in [2.05, 4.69) is 30.8 Å². The Bertz CT molecular complexity index is 1250. The number of nitrogens with one attached hydrogen (secondary N) is 2. The lowest BCUT2D eigenvalue weighted by Crippen LogP contribution is -2.59. The van der Waals surface area contributed by atoms with Crippen LogP contribution in [0.15, 0.2) is 18.5 Å². The standard InChI is InChI=1S/C21H26F3N9O2/c1-12-16-17(31(3)20(2,11-35-5)18(34)28-16)29-19(27-12)25-7-13-8-26-33(9-13)10-14-6-15(21(22,23)24)30-32(14)4/h6,8-9H,7,10-11H2,1-5H3,(H,28,34)(H,25,27,29)/t20-/m1/s1. The van der Waals surface area contributed by atoms with Crippen molar-refractivity contribution in [2.75, 3.05) is 36.3 Å². The molecule has 0 radical (unpaired) electrons. The Morgan fingerprint density at radius 1 is 1.26 bits per heavy atom. The fourth-order valence-electron chi connectivity index (χ4n) is 3.83. The third-order valence-electron chi connectivity index (χ3n) is 6.01. The SMILES string of the molecule is COC[C@]1(C)C(=O)Nc2c(C)nc(NCc3cnn(Cc4cc(C(F)(F)F)nn4C)c3)nc2N1C. The quantitative estimate of drug-likeness (QED) is 0.515. The number of ether oxygens (including phenoxy) is 1. The smallest absolute Gasteiger partial charge is 0.382 e. The molecule has 0 spiro atoms. The van der Waals surface area contributed by atoms with Gasteiger partial charge in [-0.1, -0.05) is 0 Å². The average molecular weight is 493 g/mol. The van der Waals surface area contributed by atoms with Crippen molar-refractivity contribution in [3.05, 3.63) is 41.1 Å². The fourth-order valence-corrected chi connectivity index (χ4v) is 3.83. The Morgan fingerprint density at radius 2 is 2.00 bits per heavy atom. The molecule has 1 aliphatic heterocycles. The van der Waals surface area contributed by atoms with Gasteiger partial charge in [0.25, 0.3) is 5.91 Å². The van der Waals surface area contributed by atoms with Gasteiger partial charge in [0.15, 0.2) is 11.5 Å². The molecule has 4 heterocycles. The minimum absolute atomic E-state index is 0.136. The third kappa shape index (κ3) is 4.65. The molecule has 0 saturated heterocycles. The number of rotatable bonds is 7. The van der Waals surface area contributed by atoms with E-state index in [0.717, 1.165) is 11.6 Å². The number of hydrogen-bond acceptors (Lipinski definition) is 8. The van der Waals surface area contributed by atoms with Crippen molar-refractivity contribution in [1.29, 1.82) is 0 Å². The topological polar surface area (TPSA) is 115 Å². The van der Waals surface area contributed by atoms with E-state index in [1.54, 1.807) is 38.2 Å². The van der Waals surface area contributed by atoms with Crippen LogP contribution in [-0.2, 0) is 35.8 Å². The number of hydrogen-bond donors (Lipinski definition) is 2. The van der Waals surface area contributed by atoms with Crippen LogP contribution >= 0.6 is 0 Å². The summed E-state index contributed by atoms with van der Waals surface area (Å²) in [6.45, 7) is 4.20. The van der Waals surface area contributed by atoms with Gasteiger partial charge < -0.3 is 20.3 Å². The number of aryl methyl sites for hydroxylation is 2. The van der Waals surface area contributed by atoms with E-state index in [9.17, 15) is 18.0 Å². The van der Waals surface area contributed by atoms with Crippen molar-refractivity contribution in [2.24, 2.45) is 7.05 Å². The van der Waals surface area contributed by atoms with Gasteiger partial charge in [0, 0.05) is 39.5 Å². The molecule has 0 fully saturated rings. The molecule has 0 aliphatic carbocycles. The zero-order chi connectivity index (χ0) is 25.5. The molecule has 14 heteroatoms. The highest BCUT2D eigenvalue weighted by Gasteiger charge is 2.44. The van der Waals surface area contributed by atoms with Crippen LogP contribution in [0.3, 0.4) is 0 Å². The van der Waals surface area contributed by atoms with Gasteiger partial charge in [0.05, 0.1) is 30.7 Å². The maximum absolute atomic E-state index is 12.9. The molecule has 35 heavy (non-hydrogen) atoms. The van der Waals surface area contributed by atoms with Crippen molar-refractivity contribution in [1.82, 2.24) is 29.5 Å². The van der Waals surface area contributed by atoms with E-state index >= 15 is 0 Å². The van der Waals surface area contributed by atoms with E-state index in [0.29, 0.717) is 35.4 Å². The number of methoxy groups -OCH3 is 1. The van der Waals surface area contributed by atoms with E-state index in [4.69, 9.17) is 4.74 Å². The number of aromatic nitrogens is 6. The molecule has 2 N–H and O–H groups in total. The first-order chi connectivity index (χ1) is 16.4. The first-order valence-electron chi connectivity index (χ1n) is 10.7. The van der Waals surface area contributed by atoms with E-state index in [1.807, 2.05) is 0 Å². The number of alkyl halides is 3. The summed E-state index contributed by atoms with van der Waals surface area (Å²) in [4.78, 5) is 23.4. The Balaban J connectivity index is 1.47. The summed E-state index contributed by atoms with van der Waals surface area (Å²) < 4.78 is 46.7. The summed E-state index contributed by atoms with van der Waals surface area (Å²) in [5.74, 6) is 0.717. The summed E-state index contributed by atoms with van der Waals surface area (Å²) in [6, 6.07) is 1.01. The fraction of sp³-hybridized carbons (Fsp3) is 0.476. The second-order valence-electron chi connectivity index (χ2n) is 8.59. The summed E-state index contributed by atoms with van der Waals surface area (Å²) in [7, 11) is 4.77. The molecule has 3 aromatic heterocycles. The summed E-state index contributed by atoms with van der Waals surface area (Å²) in [6.07, 6.45) is -1.16. The monoisotopic (exact) mass is 493 g/mol. The van der Waals surface area contributed by atoms with Gasteiger partial charge in [0.2, 0.25) is 5.95 Å². The van der Waals surface area contributed by atoms with Crippen LogP contribution in [0, 0.1) is 6.92 Å². The molecule has 4 rings (SSSR count). The van der Waals surface area contributed by atoms with Gasteiger partial charge in [-0.05, 0) is 19.9 Å². The van der Waals surface area contributed by atoms with E-state index in [-0.39, 0.29) is 19.1 Å². The molecule has 188 valence electrons. The van der Waals surface area contributed by atoms with Crippen molar-refractivity contribution in [3.63, 3.8) is 0 Å². The highest BCUT2D eigenvalue weighted by molar-refractivity contribution is 6.06. The highest BCUT2D eigenvalue weighted by Crippen LogP contribution is 2.36. The zero-order valence-electron chi connectivity index (χ0n) is 19.9. The Kier molecular flexibility index (Phi) is 6.17. The number of carbonyl (C=O) groups is 1. The molecule has 1 atom stereocenters. The van der Waals surface area contributed by atoms with Crippen LogP contribution in [-0.4, -0.2) is 61.7 Å². The molecule has 1 aliphatic rings. The molecule has 1 amide bonds. The number of amides is 1. The lowest BCUT2D eigenvalue weighted by Gasteiger charge is -2.42. The molecule has 0 bridgehead atoms. The van der Waals surface area contributed by atoms with Gasteiger partial charge in [-0.15, -0.1) is 0 Å². The minimum atomic E-state index is -4.50. The number of anilines is 3. The average Bonchev–Trinajstić information content (AvgIpc) is 3.39. The van der Waals surface area contributed by atoms with Crippen LogP contribution < -0.4 is 15.5 Å². The second-order valence-corrected chi connectivity index (χ2v) is 8.59. The van der Waals surface area contributed by atoms with Crippen LogP contribution in [0.5, 0.6) is 0 Å². The van der Waals surface area contributed by atoms with Crippen LogP contribution in [0.2, 0.25) is 0 Å². The van der Waals surface area contributed by atoms with Crippen molar-refractivity contribution < 1.29 is 22.7 Å². The molecule has 0 saturated carbocycles. The molecule has 3 aromatic rings. The van der Waals surface area contributed by atoms with Gasteiger partial charge >= 0.3 is 6.18 Å². The minimum Gasteiger partial charge on any atom is -0.382 e. The number of halogens is 3. The predicted octanol–water partition coefficient (Wildman–Crippen LogP) is 2.19. The molecule has 11 nitrogen and oxygen atoms in total. The van der Waals surface area contributed by atoms with Crippen molar-refractivity contribution in [2.45, 2.75) is 38.7 Å². The Labute approximate surface area is 199 Å². The number of fused-ring (bicyclic) bond motifs is 1. The lowest BCUT2D eigenvalue weighted by molar-refractivity contribution is -0.141. The first kappa shape index (κ1) is 24.4. The summed E-state index contributed by atoms with van der Waals surface area (Å²) in [5, 5.41) is 13.8. The number of likely N-dealkylation sites (N-methyl/N-ethyl adjacent to an activating group) is 1. The third-order valence-corrected chi connectivity index (χ3v) is 6.01. The maximum atomic E-state index is 12.9. The van der Waals surface area contributed by atoms with Crippen LogP contribution in [0.1, 0.15) is 29.6 Å². The summed E-state index contributed by atoms with van der Waals surface area (Å²) in [5.41, 5.74) is 0.430. The van der Waals surface area contributed by atoms with E-state index in [1.165, 1.54) is 23.5 Å². The Morgan fingerprint density at radius 3 is 2.66 bits per heavy atom. The molecule has 0 unspecified atom stereocenters. The highest BCUT2D eigenvalue weighted by atomic mass is 19.4. The predicted molar refractivity (Wildman–Crippen MR) is 121 cm³/mol. The lowest BCUT2D eigenvalue weighted by atomic mass is 9.97. The first-order valence-corrected chi connectivity index (χ1v) is 10.7. The largest absolute Gasteiger partial charge is 0.435 e. The van der Waals surface area contributed by atoms with Crippen molar-refractivity contribution >= 4 is 23.4 Å². The number of carbonyl (C=O) groups excluding carboxylic acids is 1. The van der Waals surface area contributed by atoms with Gasteiger partial charge in [-0.3, -0.25) is 14.2 Å². The summed E-state index contributed by atoms with van der Waals surface area (Å²) >= 11 is 0. The Hall–Kier alpha value is -3.68. The maximum Gasteiger partial charge on any atom is 0.435 e. The van der Waals surface area contributed by atoms with Gasteiger partial charge in [-0.25, -0.2) is 4.98 Å². The zero-order valence-corrected chi connectivity index (χ0v) is 19.9. The molecular weight excluding hydrogens is 467 g/mol.